The molecule has 0 bridgehead atoms. The highest BCUT2D eigenvalue weighted by Gasteiger charge is 2.19. The third-order valence-electron chi connectivity index (χ3n) is 2.65. The highest BCUT2D eigenvalue weighted by Crippen LogP contribution is 2.26. The van der Waals surface area contributed by atoms with Gasteiger partial charge in [-0.05, 0) is 28.4 Å². The summed E-state index contributed by atoms with van der Waals surface area (Å²) < 4.78 is 1.06. The molecule has 1 aromatic rings. The molecule has 1 aliphatic heterocycles. The Labute approximate surface area is 104 Å². The molecule has 1 atom stereocenters. The van der Waals surface area contributed by atoms with Gasteiger partial charge in [0.15, 0.2) is 0 Å². The van der Waals surface area contributed by atoms with Crippen molar-refractivity contribution in [2.45, 2.75) is 18.6 Å². The molecule has 4 heteroatoms. The zero-order valence-electron chi connectivity index (χ0n) is 8.82. The van der Waals surface area contributed by atoms with Gasteiger partial charge < -0.3 is 4.90 Å². The summed E-state index contributed by atoms with van der Waals surface area (Å²) in [5, 5.41) is 0.776. The number of thioether (sulfide) groups is 1. The molecule has 2 nitrogen and oxygen atoms in total. The third kappa shape index (κ3) is 2.88. The molecule has 2 heterocycles. The molecule has 0 aliphatic carbocycles. The molecule has 0 saturated carbocycles. The lowest BCUT2D eigenvalue weighted by Gasteiger charge is -2.33. The molecule has 2 rings (SSSR count). The summed E-state index contributed by atoms with van der Waals surface area (Å²) in [4.78, 5) is 6.65. The van der Waals surface area contributed by atoms with E-state index in [1.807, 2.05) is 12.4 Å². The van der Waals surface area contributed by atoms with Crippen molar-refractivity contribution in [3.63, 3.8) is 0 Å². The average molecular weight is 287 g/mol. The summed E-state index contributed by atoms with van der Waals surface area (Å²) in [6, 6.07) is 2.15. The van der Waals surface area contributed by atoms with Crippen LogP contribution in [0.4, 0.5) is 5.69 Å². The van der Waals surface area contributed by atoms with E-state index in [0.29, 0.717) is 0 Å². The Balaban J connectivity index is 2.09. The highest BCUT2D eigenvalue weighted by molar-refractivity contribution is 9.10. The van der Waals surface area contributed by atoms with Crippen LogP contribution in [0.15, 0.2) is 22.9 Å². The number of hydrogen-bond donors (Lipinski definition) is 0. The quantitative estimate of drug-likeness (QED) is 0.831. The molecule has 1 unspecified atom stereocenters. The van der Waals surface area contributed by atoms with E-state index < -0.39 is 0 Å². The molecule has 1 aromatic heterocycles. The van der Waals surface area contributed by atoms with Crippen molar-refractivity contribution in [2.75, 3.05) is 23.7 Å². The van der Waals surface area contributed by atoms with Crippen molar-refractivity contribution < 1.29 is 0 Å². The van der Waals surface area contributed by atoms with Gasteiger partial charge in [0.05, 0.1) is 11.9 Å². The second-order valence-corrected chi connectivity index (χ2v) is 6.03. The van der Waals surface area contributed by atoms with Crippen molar-refractivity contribution in [3.8, 4) is 0 Å². The van der Waals surface area contributed by atoms with Crippen LogP contribution in [-0.4, -0.2) is 29.1 Å². The van der Waals surface area contributed by atoms with Gasteiger partial charge in [-0.3, -0.25) is 4.98 Å². The number of nitrogens with zero attached hydrogens (tertiary/aromatic N) is 2. The molecule has 0 radical (unpaired) electrons. The Kier molecular flexibility index (Phi) is 3.92. The Morgan fingerprint density at radius 3 is 3.20 bits per heavy atom. The fraction of sp³-hybridized carbons (Fsp3) is 0.545. The van der Waals surface area contributed by atoms with E-state index >= 15 is 0 Å². The first-order valence-electron chi connectivity index (χ1n) is 5.26. The van der Waals surface area contributed by atoms with E-state index in [9.17, 15) is 0 Å². The molecule has 1 aliphatic rings. The van der Waals surface area contributed by atoms with Crippen LogP contribution in [0.5, 0.6) is 0 Å². The summed E-state index contributed by atoms with van der Waals surface area (Å²) >= 11 is 5.56. The predicted octanol–water partition coefficient (Wildman–Crippen LogP) is 3.18. The van der Waals surface area contributed by atoms with E-state index in [4.69, 9.17) is 0 Å². The Morgan fingerprint density at radius 1 is 1.60 bits per heavy atom. The van der Waals surface area contributed by atoms with E-state index in [0.717, 1.165) is 22.8 Å². The molecule has 82 valence electrons. The van der Waals surface area contributed by atoms with Crippen molar-refractivity contribution in [1.29, 1.82) is 0 Å². The van der Waals surface area contributed by atoms with Crippen LogP contribution in [0.2, 0.25) is 0 Å². The van der Waals surface area contributed by atoms with Gasteiger partial charge in [0.2, 0.25) is 0 Å². The van der Waals surface area contributed by atoms with Gasteiger partial charge in [-0.2, -0.15) is 11.8 Å². The van der Waals surface area contributed by atoms with Gasteiger partial charge in [0.1, 0.15) is 0 Å². The molecule has 0 amide bonds. The number of hydrogen-bond acceptors (Lipinski definition) is 3. The monoisotopic (exact) mass is 286 g/mol. The first-order chi connectivity index (χ1) is 7.29. The maximum absolute atomic E-state index is 4.21. The number of rotatable bonds is 2. The van der Waals surface area contributed by atoms with E-state index in [2.05, 4.69) is 50.6 Å². The van der Waals surface area contributed by atoms with E-state index in [-0.39, 0.29) is 0 Å². The van der Waals surface area contributed by atoms with Crippen molar-refractivity contribution in [3.05, 3.63) is 22.9 Å². The summed E-state index contributed by atoms with van der Waals surface area (Å²) in [6.45, 7) is 4.55. The predicted molar refractivity (Wildman–Crippen MR) is 70.7 cm³/mol. The molecule has 0 spiro atoms. The van der Waals surface area contributed by atoms with Gasteiger partial charge in [-0.25, -0.2) is 0 Å². The Bertz CT molecular complexity index is 332. The summed E-state index contributed by atoms with van der Waals surface area (Å²) in [7, 11) is 0. The number of halogens is 1. The molecular formula is C11H15BrN2S. The van der Waals surface area contributed by atoms with Gasteiger partial charge in [-0.15, -0.1) is 0 Å². The molecule has 0 aromatic carbocycles. The fourth-order valence-corrected chi connectivity index (χ4v) is 3.31. The maximum Gasteiger partial charge on any atom is 0.0564 e. The SMILES string of the molecule is CCC1CN(c2cncc(Br)c2)CCS1. The first-order valence-corrected chi connectivity index (χ1v) is 7.11. The van der Waals surface area contributed by atoms with Crippen LogP contribution in [0.3, 0.4) is 0 Å². The smallest absolute Gasteiger partial charge is 0.0564 e. The standard InChI is InChI=1S/C11H15BrN2S/c1-2-11-8-14(3-4-15-11)10-5-9(12)6-13-7-10/h5-7,11H,2-4,8H2,1H3. The van der Waals surface area contributed by atoms with Crippen molar-refractivity contribution >= 4 is 33.4 Å². The second kappa shape index (κ2) is 5.21. The highest BCUT2D eigenvalue weighted by atomic mass is 79.9. The van der Waals surface area contributed by atoms with Crippen LogP contribution < -0.4 is 4.90 Å². The van der Waals surface area contributed by atoms with E-state index in [1.165, 1.54) is 17.9 Å². The minimum absolute atomic E-state index is 0.776. The van der Waals surface area contributed by atoms with Crippen molar-refractivity contribution in [1.82, 2.24) is 4.98 Å². The number of aromatic nitrogens is 1. The molecular weight excluding hydrogens is 272 g/mol. The third-order valence-corrected chi connectivity index (χ3v) is 4.46. The summed E-state index contributed by atoms with van der Waals surface area (Å²) in [5.41, 5.74) is 1.24. The Hall–Kier alpha value is -0.220. The van der Waals surface area contributed by atoms with Crippen LogP contribution in [0.1, 0.15) is 13.3 Å². The largest absolute Gasteiger partial charge is 0.368 e. The van der Waals surface area contributed by atoms with Crippen LogP contribution in [-0.2, 0) is 0 Å². The second-order valence-electron chi connectivity index (χ2n) is 3.71. The number of anilines is 1. The lowest BCUT2D eigenvalue weighted by Crippen LogP contribution is -2.37. The summed E-state index contributed by atoms with van der Waals surface area (Å²) in [6.07, 6.45) is 5.04. The topological polar surface area (TPSA) is 16.1 Å². The first kappa shape index (κ1) is 11.3. The van der Waals surface area contributed by atoms with Crippen molar-refractivity contribution in [2.24, 2.45) is 0 Å². The van der Waals surface area contributed by atoms with E-state index in [1.54, 1.807) is 0 Å². The molecule has 1 fully saturated rings. The van der Waals surface area contributed by atoms with Gasteiger partial charge in [-0.1, -0.05) is 6.92 Å². The maximum atomic E-state index is 4.21. The minimum Gasteiger partial charge on any atom is -0.368 e. The molecule has 1 saturated heterocycles. The lowest BCUT2D eigenvalue weighted by atomic mass is 10.2. The summed E-state index contributed by atoms with van der Waals surface area (Å²) in [5.74, 6) is 1.23. The van der Waals surface area contributed by atoms with Crippen LogP contribution in [0, 0.1) is 0 Å². The lowest BCUT2D eigenvalue weighted by molar-refractivity contribution is 0.727. The van der Waals surface area contributed by atoms with Crippen LogP contribution in [0.25, 0.3) is 0 Å². The zero-order chi connectivity index (χ0) is 10.7. The minimum atomic E-state index is 0.776. The molecule has 15 heavy (non-hydrogen) atoms. The van der Waals surface area contributed by atoms with Gasteiger partial charge >= 0.3 is 0 Å². The average Bonchev–Trinajstić information content (AvgIpc) is 2.29. The van der Waals surface area contributed by atoms with Gasteiger partial charge in [0.25, 0.3) is 0 Å². The molecule has 0 N–H and O–H groups in total. The normalized spacial score (nSPS) is 21.7. The van der Waals surface area contributed by atoms with Crippen LogP contribution >= 0.6 is 27.7 Å². The fourth-order valence-electron chi connectivity index (χ4n) is 1.77. The Morgan fingerprint density at radius 2 is 2.47 bits per heavy atom. The van der Waals surface area contributed by atoms with Gasteiger partial charge in [0, 0.05) is 34.8 Å². The number of pyridine rings is 1. The zero-order valence-corrected chi connectivity index (χ0v) is 11.2.